The number of nitrogens with two attached hydrogens (primary N) is 1. The zero-order valence-electron chi connectivity index (χ0n) is 9.97. The molecule has 1 unspecified atom stereocenters. The first kappa shape index (κ1) is 15.2. The summed E-state index contributed by atoms with van der Waals surface area (Å²) in [6, 6.07) is 2.65. The highest BCUT2D eigenvalue weighted by molar-refractivity contribution is 6.35. The average molecular weight is 293 g/mol. The summed E-state index contributed by atoms with van der Waals surface area (Å²) in [7, 11) is 0. The van der Waals surface area contributed by atoms with E-state index in [2.05, 4.69) is 5.32 Å². The quantitative estimate of drug-likeness (QED) is 0.817. The summed E-state index contributed by atoms with van der Waals surface area (Å²) in [6.45, 7) is 2.42. The number of amides is 1. The van der Waals surface area contributed by atoms with Gasteiger partial charge in [-0.3, -0.25) is 4.79 Å². The molecule has 6 heteroatoms. The van der Waals surface area contributed by atoms with E-state index in [1.807, 2.05) is 6.92 Å². The maximum Gasteiger partial charge on any atom is 0.224 e. The van der Waals surface area contributed by atoms with E-state index in [0.717, 1.165) is 6.42 Å². The van der Waals surface area contributed by atoms with Crippen LogP contribution in [0, 0.1) is 11.7 Å². The van der Waals surface area contributed by atoms with Crippen LogP contribution in [0.5, 0.6) is 0 Å². The molecular formula is C12H15Cl2FN2O. The SMILES string of the molecule is CCC(CN)CC(=O)Nc1cc(Cl)c(F)c(Cl)c1. The van der Waals surface area contributed by atoms with Gasteiger partial charge in [0.1, 0.15) is 0 Å². The third kappa shape index (κ3) is 4.12. The van der Waals surface area contributed by atoms with Crippen molar-refractivity contribution in [1.29, 1.82) is 0 Å². The predicted molar refractivity (Wildman–Crippen MR) is 72.5 cm³/mol. The zero-order valence-corrected chi connectivity index (χ0v) is 11.5. The van der Waals surface area contributed by atoms with Crippen molar-refractivity contribution in [3.63, 3.8) is 0 Å². The number of hydrogen-bond acceptors (Lipinski definition) is 2. The summed E-state index contributed by atoms with van der Waals surface area (Å²) in [5.41, 5.74) is 5.90. The minimum absolute atomic E-state index is 0.122. The fourth-order valence-electron chi connectivity index (χ4n) is 1.50. The third-order valence-electron chi connectivity index (χ3n) is 2.65. The summed E-state index contributed by atoms with van der Waals surface area (Å²) < 4.78 is 13.2. The Labute approximate surface area is 115 Å². The monoisotopic (exact) mass is 292 g/mol. The van der Waals surface area contributed by atoms with Gasteiger partial charge in [-0.15, -0.1) is 0 Å². The molecule has 18 heavy (non-hydrogen) atoms. The van der Waals surface area contributed by atoms with Gasteiger partial charge in [-0.1, -0.05) is 36.5 Å². The van der Waals surface area contributed by atoms with Crippen molar-refractivity contribution in [3.8, 4) is 0 Å². The molecule has 0 aliphatic rings. The Kier molecular flexibility index (Phi) is 5.85. The molecule has 3 N–H and O–H groups in total. The first-order valence-electron chi connectivity index (χ1n) is 5.62. The number of rotatable bonds is 5. The van der Waals surface area contributed by atoms with Crippen molar-refractivity contribution in [1.82, 2.24) is 0 Å². The summed E-state index contributed by atoms with van der Waals surface area (Å²) in [5.74, 6) is -0.743. The topological polar surface area (TPSA) is 55.1 Å². The molecular weight excluding hydrogens is 278 g/mol. The van der Waals surface area contributed by atoms with E-state index in [9.17, 15) is 9.18 Å². The Hall–Kier alpha value is -0.840. The molecule has 0 saturated carbocycles. The van der Waals surface area contributed by atoms with E-state index in [-0.39, 0.29) is 21.9 Å². The second kappa shape index (κ2) is 6.92. The lowest BCUT2D eigenvalue weighted by Crippen LogP contribution is -2.21. The minimum Gasteiger partial charge on any atom is -0.330 e. The van der Waals surface area contributed by atoms with Crippen molar-refractivity contribution >= 4 is 34.8 Å². The number of halogens is 3. The molecule has 1 atom stereocenters. The Morgan fingerprint density at radius 2 is 2.00 bits per heavy atom. The Balaban J connectivity index is 2.70. The van der Waals surface area contributed by atoms with E-state index in [4.69, 9.17) is 28.9 Å². The number of hydrogen-bond donors (Lipinski definition) is 2. The first-order chi connectivity index (χ1) is 8.47. The van der Waals surface area contributed by atoms with E-state index in [1.165, 1.54) is 12.1 Å². The van der Waals surface area contributed by atoms with Crippen LogP contribution in [0.2, 0.25) is 10.0 Å². The second-order valence-electron chi connectivity index (χ2n) is 4.02. The molecule has 0 radical (unpaired) electrons. The number of carbonyl (C=O) groups is 1. The maximum atomic E-state index is 13.2. The van der Waals surface area contributed by atoms with Crippen LogP contribution in [0.3, 0.4) is 0 Å². The van der Waals surface area contributed by atoms with E-state index < -0.39 is 5.82 Å². The third-order valence-corrected chi connectivity index (χ3v) is 3.20. The molecule has 0 aliphatic heterocycles. The fourth-order valence-corrected chi connectivity index (χ4v) is 1.98. The highest BCUT2D eigenvalue weighted by Crippen LogP contribution is 2.27. The van der Waals surface area contributed by atoms with Crippen molar-refractivity contribution in [2.45, 2.75) is 19.8 Å². The van der Waals surface area contributed by atoms with Gasteiger partial charge in [0.15, 0.2) is 5.82 Å². The normalized spacial score (nSPS) is 12.3. The van der Waals surface area contributed by atoms with Gasteiger partial charge in [0.2, 0.25) is 5.91 Å². The van der Waals surface area contributed by atoms with Gasteiger partial charge in [-0.2, -0.15) is 0 Å². The van der Waals surface area contributed by atoms with E-state index in [0.29, 0.717) is 18.7 Å². The lowest BCUT2D eigenvalue weighted by molar-refractivity contribution is -0.117. The van der Waals surface area contributed by atoms with Gasteiger partial charge >= 0.3 is 0 Å². The largest absolute Gasteiger partial charge is 0.330 e. The van der Waals surface area contributed by atoms with Crippen molar-refractivity contribution in [3.05, 3.63) is 28.0 Å². The van der Waals surface area contributed by atoms with Crippen LogP contribution >= 0.6 is 23.2 Å². The minimum atomic E-state index is -0.690. The van der Waals surface area contributed by atoms with Gasteiger partial charge in [0.05, 0.1) is 10.0 Å². The van der Waals surface area contributed by atoms with Gasteiger partial charge in [0, 0.05) is 12.1 Å². The van der Waals surface area contributed by atoms with Crippen LogP contribution in [0.4, 0.5) is 10.1 Å². The predicted octanol–water partition coefficient (Wildman–Crippen LogP) is 3.45. The maximum absolute atomic E-state index is 13.2. The molecule has 0 saturated heterocycles. The van der Waals surface area contributed by atoms with Crippen LogP contribution in [0.15, 0.2) is 12.1 Å². The van der Waals surface area contributed by atoms with E-state index >= 15 is 0 Å². The Morgan fingerprint density at radius 1 is 1.44 bits per heavy atom. The molecule has 0 bridgehead atoms. The highest BCUT2D eigenvalue weighted by atomic mass is 35.5. The lowest BCUT2D eigenvalue weighted by Gasteiger charge is -2.12. The lowest BCUT2D eigenvalue weighted by atomic mass is 10.0. The molecule has 1 aromatic rings. The van der Waals surface area contributed by atoms with Crippen molar-refractivity contribution < 1.29 is 9.18 Å². The van der Waals surface area contributed by atoms with Crippen LogP contribution in [0.1, 0.15) is 19.8 Å². The average Bonchev–Trinajstić information content (AvgIpc) is 2.32. The second-order valence-corrected chi connectivity index (χ2v) is 4.83. The first-order valence-corrected chi connectivity index (χ1v) is 6.38. The van der Waals surface area contributed by atoms with Gasteiger partial charge < -0.3 is 11.1 Å². The van der Waals surface area contributed by atoms with Crippen LogP contribution in [-0.2, 0) is 4.79 Å². The van der Waals surface area contributed by atoms with Crippen molar-refractivity contribution in [2.24, 2.45) is 11.7 Å². The molecule has 1 rings (SSSR count). The van der Waals surface area contributed by atoms with Gasteiger partial charge in [-0.25, -0.2) is 4.39 Å². The molecule has 100 valence electrons. The summed E-state index contributed by atoms with van der Waals surface area (Å²) in [6.07, 6.45) is 1.15. The van der Waals surface area contributed by atoms with E-state index in [1.54, 1.807) is 0 Å². The summed E-state index contributed by atoms with van der Waals surface area (Å²) in [5, 5.41) is 2.38. The van der Waals surface area contributed by atoms with Crippen LogP contribution in [0.25, 0.3) is 0 Å². The number of benzene rings is 1. The number of carbonyl (C=O) groups excluding carboxylic acids is 1. The summed E-state index contributed by atoms with van der Waals surface area (Å²) >= 11 is 11.3. The molecule has 0 fully saturated rings. The molecule has 0 spiro atoms. The molecule has 0 aromatic heterocycles. The molecule has 0 heterocycles. The van der Waals surface area contributed by atoms with Gasteiger partial charge in [-0.05, 0) is 24.6 Å². The summed E-state index contributed by atoms with van der Waals surface area (Å²) in [4.78, 5) is 11.7. The molecule has 1 aromatic carbocycles. The molecule has 3 nitrogen and oxygen atoms in total. The molecule has 1 amide bonds. The zero-order chi connectivity index (χ0) is 13.7. The Morgan fingerprint density at radius 3 is 2.44 bits per heavy atom. The smallest absolute Gasteiger partial charge is 0.224 e. The van der Waals surface area contributed by atoms with Crippen molar-refractivity contribution in [2.75, 3.05) is 11.9 Å². The molecule has 0 aliphatic carbocycles. The Bertz CT molecular complexity index is 413. The highest BCUT2D eigenvalue weighted by Gasteiger charge is 2.13. The number of anilines is 1. The number of nitrogens with one attached hydrogen (secondary N) is 1. The van der Waals surface area contributed by atoms with Crippen LogP contribution < -0.4 is 11.1 Å². The fraction of sp³-hybridized carbons (Fsp3) is 0.417. The van der Waals surface area contributed by atoms with Gasteiger partial charge in [0.25, 0.3) is 0 Å². The standard InChI is InChI=1S/C12H15Cl2FN2O/c1-2-7(6-16)3-11(18)17-8-4-9(13)12(15)10(14)5-8/h4-5,7H,2-3,6,16H2,1H3,(H,17,18). The van der Waals surface area contributed by atoms with Crippen LogP contribution in [-0.4, -0.2) is 12.5 Å².